The van der Waals surface area contributed by atoms with Crippen molar-refractivity contribution in [1.82, 2.24) is 9.80 Å². The first kappa shape index (κ1) is 23.7. The van der Waals surface area contributed by atoms with Crippen LogP contribution in [0.15, 0.2) is 57.4 Å². The molecule has 2 aromatic rings. The number of amidine groups is 1. The van der Waals surface area contributed by atoms with Gasteiger partial charge in [-0.05, 0) is 66.6 Å². The monoisotopic (exact) mass is 517 g/mol. The quantitative estimate of drug-likeness (QED) is 0.543. The molecule has 2 aromatic carbocycles. The number of halogens is 1. The summed E-state index contributed by atoms with van der Waals surface area (Å²) >= 11 is 7.80. The van der Waals surface area contributed by atoms with Crippen LogP contribution in [-0.2, 0) is 14.6 Å². The first-order chi connectivity index (χ1) is 16.4. The summed E-state index contributed by atoms with van der Waals surface area (Å²) in [6.45, 7) is 3.37. The van der Waals surface area contributed by atoms with Crippen LogP contribution in [0, 0.1) is 5.92 Å². The predicted octanol–water partition coefficient (Wildman–Crippen LogP) is 4.94. The summed E-state index contributed by atoms with van der Waals surface area (Å²) in [5.74, 6) is 0.307. The zero-order valence-electron chi connectivity index (χ0n) is 19.0. The molecule has 0 aliphatic carbocycles. The van der Waals surface area contributed by atoms with Gasteiger partial charge >= 0.3 is 0 Å². The Bertz CT molecular complexity index is 1270. The summed E-state index contributed by atoms with van der Waals surface area (Å²) in [7, 11) is -3.54. The molecule has 9 heteroatoms. The number of nitrogens with zero attached hydrogens (tertiary/aromatic N) is 3. The van der Waals surface area contributed by atoms with E-state index >= 15 is 0 Å². The van der Waals surface area contributed by atoms with Crippen LogP contribution in [0.4, 0.5) is 0 Å². The fraction of sp³-hybridized carbons (Fsp3) is 0.440. The molecule has 0 bridgehead atoms. The van der Waals surface area contributed by atoms with Crippen molar-refractivity contribution in [2.45, 2.75) is 37.0 Å². The normalized spacial score (nSPS) is 19.2. The fourth-order valence-corrected chi connectivity index (χ4v) is 7.37. The summed E-state index contributed by atoms with van der Waals surface area (Å²) in [6, 6.07) is 10.4. The highest BCUT2D eigenvalue weighted by atomic mass is 35.5. The lowest BCUT2D eigenvalue weighted by Crippen LogP contribution is -2.39. The summed E-state index contributed by atoms with van der Waals surface area (Å²) < 4.78 is 25.7. The maximum atomic E-state index is 12.9. The number of carbonyl (C=O) groups is 1. The smallest absolute Gasteiger partial charge is 0.223 e. The number of allylic oxidation sites excluding steroid dienone is 1. The minimum atomic E-state index is -3.54. The number of benzene rings is 2. The van der Waals surface area contributed by atoms with Crippen molar-refractivity contribution < 1.29 is 13.2 Å². The number of amides is 1. The zero-order chi connectivity index (χ0) is 23.7. The number of hydrogen-bond acceptors (Lipinski definition) is 6. The van der Waals surface area contributed by atoms with Gasteiger partial charge in [0, 0.05) is 48.7 Å². The van der Waals surface area contributed by atoms with E-state index in [4.69, 9.17) is 11.6 Å². The molecular weight excluding hydrogens is 490 g/mol. The zero-order valence-corrected chi connectivity index (χ0v) is 21.3. The first-order valence-corrected chi connectivity index (χ1v) is 14.6. The molecule has 0 N–H and O–H groups in total. The minimum absolute atomic E-state index is 0.0153. The molecule has 0 aromatic heterocycles. The Balaban J connectivity index is 1.12. The number of sulfone groups is 1. The van der Waals surface area contributed by atoms with Crippen molar-refractivity contribution in [2.75, 3.05) is 31.9 Å². The highest BCUT2D eigenvalue weighted by Gasteiger charge is 2.28. The third kappa shape index (κ3) is 5.29. The summed E-state index contributed by atoms with van der Waals surface area (Å²) in [5.41, 5.74) is 0. The van der Waals surface area contributed by atoms with Gasteiger partial charge in [0.1, 0.15) is 0 Å². The molecule has 0 saturated carbocycles. The van der Waals surface area contributed by atoms with Crippen LogP contribution in [0.25, 0.3) is 10.8 Å². The van der Waals surface area contributed by atoms with E-state index in [1.807, 2.05) is 11.0 Å². The van der Waals surface area contributed by atoms with Crippen molar-refractivity contribution in [3.63, 3.8) is 0 Å². The predicted molar refractivity (Wildman–Crippen MR) is 139 cm³/mol. The lowest BCUT2D eigenvalue weighted by molar-refractivity contribution is -0.132. The molecule has 3 heterocycles. The second kappa shape index (κ2) is 9.91. The Labute approximate surface area is 210 Å². The van der Waals surface area contributed by atoms with E-state index in [1.54, 1.807) is 42.1 Å². The van der Waals surface area contributed by atoms with Crippen LogP contribution in [0.3, 0.4) is 0 Å². The van der Waals surface area contributed by atoms with Crippen molar-refractivity contribution >= 4 is 55.0 Å². The van der Waals surface area contributed by atoms with E-state index in [-0.39, 0.29) is 23.0 Å². The van der Waals surface area contributed by atoms with Crippen molar-refractivity contribution in [3.8, 4) is 0 Å². The summed E-state index contributed by atoms with van der Waals surface area (Å²) in [6.07, 6.45) is 6.31. The van der Waals surface area contributed by atoms with Gasteiger partial charge in [-0.25, -0.2) is 8.42 Å². The number of hydrogen-bond donors (Lipinski definition) is 0. The second-order valence-corrected chi connectivity index (χ2v) is 12.8. The van der Waals surface area contributed by atoms with Crippen LogP contribution in [-0.4, -0.2) is 61.2 Å². The molecule has 34 heavy (non-hydrogen) atoms. The maximum absolute atomic E-state index is 12.9. The lowest BCUT2D eigenvalue weighted by atomic mass is 9.93. The second-order valence-electron chi connectivity index (χ2n) is 9.16. The number of fused-ring (bicyclic) bond motifs is 2. The molecular formula is C25H28ClN3O3S2. The number of carbonyl (C=O) groups excluding carboxylic acids is 1. The van der Waals surface area contributed by atoms with Crippen molar-refractivity contribution in [3.05, 3.63) is 52.5 Å². The number of thioether (sulfide) groups is 1. The Morgan fingerprint density at radius 3 is 2.65 bits per heavy atom. The van der Waals surface area contributed by atoms with Gasteiger partial charge in [-0.1, -0.05) is 35.5 Å². The molecule has 180 valence electrons. The minimum Gasteiger partial charge on any atom is -0.343 e. The van der Waals surface area contributed by atoms with Gasteiger partial charge in [-0.2, -0.15) is 0 Å². The maximum Gasteiger partial charge on any atom is 0.223 e. The Kier molecular flexibility index (Phi) is 6.91. The highest BCUT2D eigenvalue weighted by molar-refractivity contribution is 8.17. The third-order valence-corrected chi connectivity index (χ3v) is 9.78. The standard InChI is InChI=1S/C25H28ClN3O3S2/c26-21-4-2-20-16-23(5-3-19(20)15-21)34(31,32)13-8-24(30)28-11-6-18(7-12-28)14-22-17-29-10-1-9-27-25(29)33-22/h2-5,15-18H,1,6-14H2. The molecule has 0 spiro atoms. The van der Waals surface area contributed by atoms with E-state index in [0.29, 0.717) is 24.0 Å². The average molecular weight is 518 g/mol. The molecule has 0 atom stereocenters. The highest BCUT2D eigenvalue weighted by Crippen LogP contribution is 2.37. The largest absolute Gasteiger partial charge is 0.343 e. The number of likely N-dealkylation sites (tertiary alicyclic amines) is 1. The summed E-state index contributed by atoms with van der Waals surface area (Å²) in [5, 5.41) is 3.45. The van der Waals surface area contributed by atoms with Gasteiger partial charge in [-0.15, -0.1) is 0 Å². The number of rotatable bonds is 6. The van der Waals surface area contributed by atoms with E-state index in [2.05, 4.69) is 16.1 Å². The van der Waals surface area contributed by atoms with Crippen LogP contribution in [0.1, 0.15) is 32.1 Å². The molecule has 1 fully saturated rings. The SMILES string of the molecule is O=C(CCS(=O)(=O)c1ccc2cc(Cl)ccc2c1)N1CCC(CC2=CN3CCCN=C3S2)CC1. The van der Waals surface area contributed by atoms with Gasteiger partial charge in [0.2, 0.25) is 5.91 Å². The number of aliphatic imine (C=N–C) groups is 1. The van der Waals surface area contributed by atoms with Crippen molar-refractivity contribution in [1.29, 1.82) is 0 Å². The molecule has 0 radical (unpaired) electrons. The third-order valence-electron chi connectivity index (χ3n) is 6.75. The van der Waals surface area contributed by atoms with E-state index in [0.717, 1.165) is 54.7 Å². The van der Waals surface area contributed by atoms with Gasteiger partial charge < -0.3 is 9.80 Å². The van der Waals surface area contributed by atoms with Gasteiger partial charge in [0.15, 0.2) is 15.0 Å². The summed E-state index contributed by atoms with van der Waals surface area (Å²) in [4.78, 5) is 23.1. The van der Waals surface area contributed by atoms with E-state index in [1.165, 1.54) is 4.91 Å². The van der Waals surface area contributed by atoms with Gasteiger partial charge in [-0.3, -0.25) is 9.79 Å². The Morgan fingerprint density at radius 1 is 1.09 bits per heavy atom. The lowest BCUT2D eigenvalue weighted by Gasteiger charge is -2.32. The molecule has 3 aliphatic rings. The van der Waals surface area contributed by atoms with Gasteiger partial charge in [0.25, 0.3) is 0 Å². The molecule has 5 rings (SSSR count). The van der Waals surface area contributed by atoms with Crippen LogP contribution in [0.5, 0.6) is 0 Å². The van der Waals surface area contributed by atoms with E-state index < -0.39 is 9.84 Å². The van der Waals surface area contributed by atoms with Crippen LogP contribution >= 0.6 is 23.4 Å². The molecule has 0 unspecified atom stereocenters. The first-order valence-electron chi connectivity index (χ1n) is 11.8. The van der Waals surface area contributed by atoms with Crippen molar-refractivity contribution in [2.24, 2.45) is 10.9 Å². The topological polar surface area (TPSA) is 70.1 Å². The molecule has 1 saturated heterocycles. The fourth-order valence-electron chi connectivity index (χ4n) is 4.78. The molecule has 6 nitrogen and oxygen atoms in total. The number of piperidine rings is 1. The Morgan fingerprint density at radius 2 is 1.85 bits per heavy atom. The van der Waals surface area contributed by atoms with Crippen LogP contribution < -0.4 is 0 Å². The van der Waals surface area contributed by atoms with E-state index in [9.17, 15) is 13.2 Å². The Hall–Kier alpha value is -2.03. The van der Waals surface area contributed by atoms with Gasteiger partial charge in [0.05, 0.1) is 10.6 Å². The van der Waals surface area contributed by atoms with Crippen LogP contribution in [0.2, 0.25) is 5.02 Å². The molecule has 3 aliphatic heterocycles. The average Bonchev–Trinajstić information content (AvgIpc) is 3.25. The molecule has 1 amide bonds.